The minimum absolute atomic E-state index is 0.0402. The van der Waals surface area contributed by atoms with Crippen LogP contribution in [-0.2, 0) is 17.8 Å². The number of imidazole rings is 1. The third kappa shape index (κ3) is 3.46. The Hall–Kier alpha value is -2.66. The summed E-state index contributed by atoms with van der Waals surface area (Å²) in [7, 11) is 0. The van der Waals surface area contributed by atoms with Crippen LogP contribution in [0.25, 0.3) is 11.0 Å². The molecule has 0 atom stereocenters. The molecule has 0 fully saturated rings. The molecule has 1 amide bonds. The Bertz CT molecular complexity index is 883. The SMILES string of the molecule is Cc1ccc(CO)cc1NC(=O)CCc1nc2c(C)cccc2[nH]1. The first kappa shape index (κ1) is 16.2. The molecule has 1 heterocycles. The van der Waals surface area contributed by atoms with Crippen LogP contribution in [0.4, 0.5) is 5.69 Å². The molecule has 0 saturated carbocycles. The fraction of sp³-hybridized carbons (Fsp3) is 0.263. The normalized spacial score (nSPS) is 11.0. The van der Waals surface area contributed by atoms with Crippen molar-refractivity contribution in [2.45, 2.75) is 33.3 Å². The molecule has 1 aromatic heterocycles. The molecular weight excluding hydrogens is 302 g/mol. The van der Waals surface area contributed by atoms with Gasteiger partial charge in [-0.3, -0.25) is 4.79 Å². The van der Waals surface area contributed by atoms with E-state index in [0.717, 1.165) is 39.2 Å². The van der Waals surface area contributed by atoms with Crippen molar-refractivity contribution in [2.24, 2.45) is 0 Å². The Balaban J connectivity index is 1.65. The Morgan fingerprint density at radius 3 is 2.79 bits per heavy atom. The van der Waals surface area contributed by atoms with Crippen molar-refractivity contribution in [3.8, 4) is 0 Å². The maximum Gasteiger partial charge on any atom is 0.224 e. The van der Waals surface area contributed by atoms with Crippen LogP contribution in [-0.4, -0.2) is 21.0 Å². The van der Waals surface area contributed by atoms with Crippen molar-refractivity contribution >= 4 is 22.6 Å². The standard InChI is InChI=1S/C19H21N3O2/c1-12-6-7-14(11-23)10-16(12)21-18(24)9-8-17-20-15-5-3-4-13(2)19(15)22-17/h3-7,10,23H,8-9,11H2,1-2H3,(H,20,22)(H,21,24). The number of anilines is 1. The van der Waals surface area contributed by atoms with Gasteiger partial charge < -0.3 is 15.4 Å². The Labute approximate surface area is 140 Å². The van der Waals surface area contributed by atoms with Gasteiger partial charge in [-0.05, 0) is 42.7 Å². The van der Waals surface area contributed by atoms with Gasteiger partial charge in [-0.25, -0.2) is 4.98 Å². The average molecular weight is 323 g/mol. The van der Waals surface area contributed by atoms with Crippen LogP contribution >= 0.6 is 0 Å². The number of aromatic amines is 1. The number of fused-ring (bicyclic) bond motifs is 1. The molecule has 0 unspecified atom stereocenters. The highest BCUT2D eigenvalue weighted by Crippen LogP contribution is 2.18. The fourth-order valence-corrected chi connectivity index (χ4v) is 2.69. The summed E-state index contributed by atoms with van der Waals surface area (Å²) in [6.07, 6.45) is 0.903. The lowest BCUT2D eigenvalue weighted by Crippen LogP contribution is -2.13. The largest absolute Gasteiger partial charge is 0.392 e. The summed E-state index contributed by atoms with van der Waals surface area (Å²) in [5.74, 6) is 0.751. The van der Waals surface area contributed by atoms with E-state index < -0.39 is 0 Å². The number of benzene rings is 2. The molecule has 0 radical (unpaired) electrons. The van der Waals surface area contributed by atoms with Crippen LogP contribution in [0, 0.1) is 13.8 Å². The summed E-state index contributed by atoms with van der Waals surface area (Å²) in [6.45, 7) is 3.91. The zero-order chi connectivity index (χ0) is 17.1. The lowest BCUT2D eigenvalue weighted by Gasteiger charge is -2.09. The minimum Gasteiger partial charge on any atom is -0.392 e. The van der Waals surface area contributed by atoms with Gasteiger partial charge in [-0.2, -0.15) is 0 Å². The molecule has 3 N–H and O–H groups in total. The van der Waals surface area contributed by atoms with E-state index in [9.17, 15) is 9.90 Å². The van der Waals surface area contributed by atoms with E-state index in [2.05, 4.69) is 15.3 Å². The Morgan fingerprint density at radius 2 is 2.04 bits per heavy atom. The predicted octanol–water partition coefficient (Wildman–Crippen LogP) is 3.24. The van der Waals surface area contributed by atoms with Gasteiger partial charge in [0.15, 0.2) is 0 Å². The van der Waals surface area contributed by atoms with Gasteiger partial charge in [0.2, 0.25) is 5.91 Å². The number of hydrogen-bond donors (Lipinski definition) is 3. The highest BCUT2D eigenvalue weighted by atomic mass is 16.3. The van der Waals surface area contributed by atoms with Gasteiger partial charge >= 0.3 is 0 Å². The molecule has 124 valence electrons. The van der Waals surface area contributed by atoms with Crippen molar-refractivity contribution in [3.63, 3.8) is 0 Å². The molecule has 0 saturated heterocycles. The highest BCUT2D eigenvalue weighted by molar-refractivity contribution is 5.91. The van der Waals surface area contributed by atoms with E-state index in [1.54, 1.807) is 6.07 Å². The zero-order valence-electron chi connectivity index (χ0n) is 13.9. The average Bonchev–Trinajstić information content (AvgIpc) is 3.00. The van der Waals surface area contributed by atoms with Gasteiger partial charge in [-0.1, -0.05) is 24.3 Å². The molecular formula is C19H21N3O2. The lowest BCUT2D eigenvalue weighted by atomic mass is 10.1. The van der Waals surface area contributed by atoms with Gasteiger partial charge in [0.1, 0.15) is 5.82 Å². The summed E-state index contributed by atoms with van der Waals surface area (Å²) in [4.78, 5) is 20.0. The highest BCUT2D eigenvalue weighted by Gasteiger charge is 2.09. The van der Waals surface area contributed by atoms with Gasteiger partial charge in [-0.15, -0.1) is 0 Å². The number of H-pyrrole nitrogens is 1. The maximum atomic E-state index is 12.2. The molecule has 2 aromatic carbocycles. The second-order valence-corrected chi connectivity index (χ2v) is 6.01. The molecule has 0 spiro atoms. The molecule has 3 rings (SSSR count). The Kier molecular flexibility index (Phi) is 4.62. The van der Waals surface area contributed by atoms with E-state index in [0.29, 0.717) is 12.8 Å². The molecule has 24 heavy (non-hydrogen) atoms. The first-order valence-electron chi connectivity index (χ1n) is 8.01. The molecule has 5 nitrogen and oxygen atoms in total. The van der Waals surface area contributed by atoms with Crippen molar-refractivity contribution in [2.75, 3.05) is 5.32 Å². The summed E-state index contributed by atoms with van der Waals surface area (Å²) in [6, 6.07) is 11.5. The Morgan fingerprint density at radius 1 is 1.21 bits per heavy atom. The molecule has 0 bridgehead atoms. The number of carbonyl (C=O) groups is 1. The van der Waals surface area contributed by atoms with Gasteiger partial charge in [0, 0.05) is 18.5 Å². The fourth-order valence-electron chi connectivity index (χ4n) is 2.69. The summed E-state index contributed by atoms with van der Waals surface area (Å²) >= 11 is 0. The molecule has 3 aromatic rings. The van der Waals surface area contributed by atoms with Crippen LogP contribution in [0.3, 0.4) is 0 Å². The van der Waals surface area contributed by atoms with E-state index in [-0.39, 0.29) is 12.5 Å². The topological polar surface area (TPSA) is 78.0 Å². The van der Waals surface area contributed by atoms with Crippen molar-refractivity contribution in [1.82, 2.24) is 9.97 Å². The van der Waals surface area contributed by atoms with Crippen LogP contribution in [0.2, 0.25) is 0 Å². The minimum atomic E-state index is -0.0645. The third-order valence-corrected chi connectivity index (χ3v) is 4.11. The van der Waals surface area contributed by atoms with Crippen LogP contribution in [0.5, 0.6) is 0 Å². The second-order valence-electron chi connectivity index (χ2n) is 6.01. The number of aliphatic hydroxyl groups is 1. The van der Waals surface area contributed by atoms with Gasteiger partial charge in [0.25, 0.3) is 0 Å². The number of aromatic nitrogens is 2. The first-order chi connectivity index (χ1) is 11.6. The maximum absolute atomic E-state index is 12.2. The molecule has 5 heteroatoms. The summed E-state index contributed by atoms with van der Waals surface area (Å²) in [5, 5.41) is 12.1. The van der Waals surface area contributed by atoms with Crippen molar-refractivity contribution in [3.05, 3.63) is 58.9 Å². The number of para-hydroxylation sites is 1. The quantitative estimate of drug-likeness (QED) is 0.674. The first-order valence-corrected chi connectivity index (χ1v) is 8.01. The number of rotatable bonds is 5. The molecule has 0 aliphatic carbocycles. The predicted molar refractivity (Wildman–Crippen MR) is 94.9 cm³/mol. The second kappa shape index (κ2) is 6.84. The molecule has 0 aliphatic rings. The van der Waals surface area contributed by atoms with E-state index in [4.69, 9.17) is 0 Å². The summed E-state index contributed by atoms with van der Waals surface area (Å²) in [5.41, 5.74) is 5.57. The van der Waals surface area contributed by atoms with Crippen LogP contribution in [0.1, 0.15) is 28.9 Å². The number of nitrogens with one attached hydrogen (secondary N) is 2. The van der Waals surface area contributed by atoms with Crippen molar-refractivity contribution in [1.29, 1.82) is 0 Å². The number of hydrogen-bond acceptors (Lipinski definition) is 3. The van der Waals surface area contributed by atoms with Crippen LogP contribution < -0.4 is 5.32 Å². The van der Waals surface area contributed by atoms with E-state index in [1.807, 2.05) is 44.2 Å². The zero-order valence-corrected chi connectivity index (χ0v) is 13.9. The number of carbonyl (C=O) groups excluding carboxylic acids is 1. The van der Waals surface area contributed by atoms with E-state index >= 15 is 0 Å². The van der Waals surface area contributed by atoms with Gasteiger partial charge in [0.05, 0.1) is 17.6 Å². The summed E-state index contributed by atoms with van der Waals surface area (Å²) < 4.78 is 0. The van der Waals surface area contributed by atoms with Crippen LogP contribution in [0.15, 0.2) is 36.4 Å². The monoisotopic (exact) mass is 323 g/mol. The molecule has 0 aliphatic heterocycles. The lowest BCUT2D eigenvalue weighted by molar-refractivity contribution is -0.116. The van der Waals surface area contributed by atoms with E-state index in [1.165, 1.54) is 0 Å². The third-order valence-electron chi connectivity index (χ3n) is 4.11. The number of nitrogens with zero attached hydrogens (tertiary/aromatic N) is 1. The number of aliphatic hydroxyl groups excluding tert-OH is 1. The smallest absolute Gasteiger partial charge is 0.224 e. The number of aryl methyl sites for hydroxylation is 3. The van der Waals surface area contributed by atoms with Crippen molar-refractivity contribution < 1.29 is 9.90 Å². The number of amides is 1.